The fourth-order valence-corrected chi connectivity index (χ4v) is 3.63. The minimum absolute atomic E-state index is 0.187. The molecule has 2 N–H and O–H groups in total. The number of fused-ring (bicyclic) bond motifs is 1. The second-order valence-corrected chi connectivity index (χ2v) is 6.74. The molecule has 2 aromatic carbocycles. The van der Waals surface area contributed by atoms with Gasteiger partial charge < -0.3 is 10.2 Å². The molecule has 0 fully saturated rings. The first-order chi connectivity index (χ1) is 11.5. The number of nitrogens with zero attached hydrogens (tertiary/aromatic N) is 1. The van der Waals surface area contributed by atoms with Gasteiger partial charge in [0.1, 0.15) is 0 Å². The van der Waals surface area contributed by atoms with Crippen molar-refractivity contribution < 1.29 is 15.0 Å². The summed E-state index contributed by atoms with van der Waals surface area (Å²) in [6.45, 7) is 3.78. The molecule has 1 aliphatic rings. The van der Waals surface area contributed by atoms with Crippen LogP contribution in [-0.2, 0) is 5.72 Å². The van der Waals surface area contributed by atoms with Crippen LogP contribution >= 0.6 is 0 Å². The van der Waals surface area contributed by atoms with Gasteiger partial charge in [-0.2, -0.15) is 0 Å². The van der Waals surface area contributed by atoms with Crippen LogP contribution in [0.15, 0.2) is 54.6 Å². The molecule has 4 nitrogen and oxygen atoms in total. The maximum atomic E-state index is 13.0. The fourth-order valence-electron chi connectivity index (χ4n) is 3.63. The van der Waals surface area contributed by atoms with Gasteiger partial charge in [0.15, 0.2) is 5.72 Å². The number of carbonyl (C=O) groups is 1. The molecule has 126 valence electrons. The van der Waals surface area contributed by atoms with E-state index in [1.807, 2.05) is 50.2 Å². The Morgan fingerprint density at radius 3 is 2.29 bits per heavy atom. The summed E-state index contributed by atoms with van der Waals surface area (Å²) in [5.74, 6) is -0.0526. The first-order valence-electron chi connectivity index (χ1n) is 8.30. The average molecular weight is 325 g/mol. The lowest BCUT2D eigenvalue weighted by atomic mass is 9.91. The number of benzene rings is 2. The molecule has 2 aromatic rings. The van der Waals surface area contributed by atoms with Crippen LogP contribution in [0.1, 0.15) is 47.8 Å². The smallest absolute Gasteiger partial charge is 0.257 e. The largest absolute Gasteiger partial charge is 0.394 e. The second-order valence-electron chi connectivity index (χ2n) is 6.74. The van der Waals surface area contributed by atoms with Gasteiger partial charge in [0.25, 0.3) is 5.91 Å². The van der Waals surface area contributed by atoms with Gasteiger partial charge in [0.2, 0.25) is 0 Å². The standard InChI is InChI=1S/C20H23NO3/c1-14(2)12-20(24)17-11-7-6-10-16(17)19(23)21(20)18(13-22)15-8-4-3-5-9-15/h3-11,14,18,22,24H,12-13H2,1-2H3/t18-,20?/m1/s1. The van der Waals surface area contributed by atoms with Crippen LogP contribution in [-0.4, -0.2) is 27.6 Å². The zero-order chi connectivity index (χ0) is 17.3. The van der Waals surface area contributed by atoms with Crippen LogP contribution in [0.25, 0.3) is 0 Å². The Morgan fingerprint density at radius 2 is 1.67 bits per heavy atom. The fraction of sp³-hybridized carbons (Fsp3) is 0.350. The van der Waals surface area contributed by atoms with E-state index >= 15 is 0 Å². The van der Waals surface area contributed by atoms with E-state index in [0.29, 0.717) is 17.5 Å². The van der Waals surface area contributed by atoms with Gasteiger partial charge in [-0.05, 0) is 17.5 Å². The number of carbonyl (C=O) groups excluding carboxylic acids is 1. The van der Waals surface area contributed by atoms with Crippen LogP contribution in [0.3, 0.4) is 0 Å². The molecule has 1 amide bonds. The van der Waals surface area contributed by atoms with Crippen LogP contribution in [0.4, 0.5) is 0 Å². The Balaban J connectivity index is 2.13. The number of hydrogen-bond acceptors (Lipinski definition) is 3. The van der Waals surface area contributed by atoms with Crippen molar-refractivity contribution in [3.05, 3.63) is 71.3 Å². The van der Waals surface area contributed by atoms with Gasteiger partial charge in [0.05, 0.1) is 12.6 Å². The minimum atomic E-state index is -1.41. The lowest BCUT2D eigenvalue weighted by Crippen LogP contribution is -2.47. The molecule has 24 heavy (non-hydrogen) atoms. The first kappa shape index (κ1) is 16.7. The Morgan fingerprint density at radius 1 is 1.04 bits per heavy atom. The summed E-state index contributed by atoms with van der Waals surface area (Å²) in [5.41, 5.74) is 0.530. The minimum Gasteiger partial charge on any atom is -0.394 e. The quantitative estimate of drug-likeness (QED) is 0.888. The average Bonchev–Trinajstić information content (AvgIpc) is 2.78. The van der Waals surface area contributed by atoms with E-state index in [9.17, 15) is 15.0 Å². The van der Waals surface area contributed by atoms with Gasteiger partial charge >= 0.3 is 0 Å². The lowest BCUT2D eigenvalue weighted by Gasteiger charge is -2.40. The van der Waals surface area contributed by atoms with E-state index in [4.69, 9.17) is 0 Å². The van der Waals surface area contributed by atoms with Gasteiger partial charge in [0, 0.05) is 17.5 Å². The monoisotopic (exact) mass is 325 g/mol. The van der Waals surface area contributed by atoms with E-state index in [1.54, 1.807) is 18.2 Å². The highest BCUT2D eigenvalue weighted by Gasteiger charge is 2.51. The molecule has 1 heterocycles. The Hall–Kier alpha value is -2.17. The number of hydrogen-bond donors (Lipinski definition) is 2. The topological polar surface area (TPSA) is 60.8 Å². The third-order valence-corrected chi connectivity index (χ3v) is 4.57. The summed E-state index contributed by atoms with van der Waals surface area (Å²) in [4.78, 5) is 14.5. The molecule has 0 spiro atoms. The Labute approximate surface area is 142 Å². The predicted molar refractivity (Wildman–Crippen MR) is 92.2 cm³/mol. The van der Waals surface area contributed by atoms with Crippen LogP contribution in [0.2, 0.25) is 0 Å². The van der Waals surface area contributed by atoms with Crippen molar-refractivity contribution in [1.29, 1.82) is 0 Å². The molecule has 4 heteroatoms. The van der Waals surface area contributed by atoms with Crippen molar-refractivity contribution in [3.8, 4) is 0 Å². The SMILES string of the molecule is CC(C)CC1(O)c2ccccc2C(=O)N1[C@H](CO)c1ccccc1. The summed E-state index contributed by atoms with van der Waals surface area (Å²) in [5, 5.41) is 21.5. The van der Waals surface area contributed by atoms with E-state index in [2.05, 4.69) is 0 Å². The molecule has 0 aromatic heterocycles. The van der Waals surface area contributed by atoms with Crippen LogP contribution in [0.5, 0.6) is 0 Å². The van der Waals surface area contributed by atoms with E-state index < -0.39 is 11.8 Å². The first-order valence-corrected chi connectivity index (χ1v) is 8.30. The zero-order valence-corrected chi connectivity index (χ0v) is 14.0. The van der Waals surface area contributed by atoms with Gasteiger partial charge in [-0.25, -0.2) is 0 Å². The van der Waals surface area contributed by atoms with E-state index in [-0.39, 0.29) is 18.4 Å². The van der Waals surface area contributed by atoms with Crippen molar-refractivity contribution in [2.45, 2.75) is 32.0 Å². The number of aliphatic hydroxyl groups excluding tert-OH is 1. The van der Waals surface area contributed by atoms with Gasteiger partial charge in [-0.15, -0.1) is 0 Å². The second kappa shape index (κ2) is 6.38. The van der Waals surface area contributed by atoms with Gasteiger partial charge in [-0.3, -0.25) is 9.69 Å². The third kappa shape index (κ3) is 2.62. The molecule has 0 aliphatic carbocycles. The molecule has 1 unspecified atom stereocenters. The zero-order valence-electron chi connectivity index (χ0n) is 14.0. The number of amides is 1. The highest BCUT2D eigenvalue weighted by molar-refractivity contribution is 6.00. The van der Waals surface area contributed by atoms with Crippen LogP contribution in [0, 0.1) is 5.92 Å². The summed E-state index contributed by atoms with van der Waals surface area (Å²) in [6, 6.07) is 15.9. The maximum Gasteiger partial charge on any atom is 0.257 e. The molecular formula is C20H23NO3. The molecule has 1 aliphatic heterocycles. The van der Waals surface area contributed by atoms with Crippen molar-refractivity contribution in [2.75, 3.05) is 6.61 Å². The molecule has 0 saturated carbocycles. The number of aliphatic hydroxyl groups is 2. The molecule has 0 radical (unpaired) electrons. The van der Waals surface area contributed by atoms with Crippen molar-refractivity contribution in [3.63, 3.8) is 0 Å². The molecule has 0 saturated heterocycles. The molecular weight excluding hydrogens is 302 g/mol. The van der Waals surface area contributed by atoms with E-state index in [0.717, 1.165) is 5.56 Å². The summed E-state index contributed by atoms with van der Waals surface area (Å²) >= 11 is 0. The normalized spacial score (nSPS) is 21.2. The Bertz CT molecular complexity index is 729. The van der Waals surface area contributed by atoms with Gasteiger partial charge in [-0.1, -0.05) is 62.4 Å². The molecule has 2 atom stereocenters. The lowest BCUT2D eigenvalue weighted by molar-refractivity contribution is -0.122. The van der Waals surface area contributed by atoms with Crippen molar-refractivity contribution >= 4 is 5.91 Å². The maximum absolute atomic E-state index is 13.0. The van der Waals surface area contributed by atoms with Crippen molar-refractivity contribution in [1.82, 2.24) is 4.90 Å². The molecule has 0 bridgehead atoms. The summed E-state index contributed by atoms with van der Waals surface area (Å²) in [6.07, 6.45) is 0.416. The predicted octanol–water partition coefficient (Wildman–Crippen LogP) is 3.07. The van der Waals surface area contributed by atoms with E-state index in [1.165, 1.54) is 4.90 Å². The third-order valence-electron chi connectivity index (χ3n) is 4.57. The van der Waals surface area contributed by atoms with Crippen LogP contribution < -0.4 is 0 Å². The number of rotatable bonds is 5. The summed E-state index contributed by atoms with van der Waals surface area (Å²) in [7, 11) is 0. The highest BCUT2D eigenvalue weighted by Crippen LogP contribution is 2.45. The molecule has 3 rings (SSSR count). The Kier molecular flexibility index (Phi) is 4.43. The summed E-state index contributed by atoms with van der Waals surface area (Å²) < 4.78 is 0. The highest BCUT2D eigenvalue weighted by atomic mass is 16.3. The van der Waals surface area contributed by atoms with Crippen molar-refractivity contribution in [2.24, 2.45) is 5.92 Å².